The molecule has 1 amide bonds. The van der Waals surface area contributed by atoms with E-state index in [0.717, 1.165) is 31.4 Å². The van der Waals surface area contributed by atoms with Crippen LogP contribution in [0.25, 0.3) is 0 Å². The average molecular weight is 248 g/mol. The minimum absolute atomic E-state index is 0.154. The molecule has 2 heterocycles. The summed E-state index contributed by atoms with van der Waals surface area (Å²) in [7, 11) is 0. The molecule has 1 saturated heterocycles. The number of aliphatic hydroxyl groups is 1. The lowest BCUT2D eigenvalue weighted by atomic mass is 9.98. The summed E-state index contributed by atoms with van der Waals surface area (Å²) in [5, 5.41) is 9.06. The summed E-state index contributed by atoms with van der Waals surface area (Å²) in [5.74, 6) is 0.154. The summed E-state index contributed by atoms with van der Waals surface area (Å²) in [6, 6.07) is 3.99. The second kappa shape index (κ2) is 6.50. The van der Waals surface area contributed by atoms with Crippen LogP contribution in [0.1, 0.15) is 31.2 Å². The normalized spacial score (nSPS) is 19.8. The number of aromatic nitrogens is 1. The fourth-order valence-corrected chi connectivity index (χ4v) is 2.56. The van der Waals surface area contributed by atoms with Gasteiger partial charge in [-0.25, -0.2) is 0 Å². The van der Waals surface area contributed by atoms with Crippen molar-refractivity contribution in [3.63, 3.8) is 0 Å². The Bertz CT molecular complexity index is 379. The van der Waals surface area contributed by atoms with Crippen LogP contribution in [-0.4, -0.2) is 40.1 Å². The molecule has 1 unspecified atom stereocenters. The van der Waals surface area contributed by atoms with Gasteiger partial charge in [-0.3, -0.25) is 9.78 Å². The Labute approximate surface area is 108 Å². The zero-order chi connectivity index (χ0) is 12.8. The van der Waals surface area contributed by atoms with Crippen LogP contribution in [0.2, 0.25) is 0 Å². The molecule has 4 nitrogen and oxygen atoms in total. The van der Waals surface area contributed by atoms with E-state index in [1.165, 1.54) is 0 Å². The molecule has 0 radical (unpaired) electrons. The number of amides is 1. The number of nitrogens with zero attached hydrogens (tertiary/aromatic N) is 2. The average Bonchev–Trinajstić information content (AvgIpc) is 2.41. The van der Waals surface area contributed by atoms with E-state index in [4.69, 9.17) is 5.11 Å². The Morgan fingerprint density at radius 3 is 3.11 bits per heavy atom. The first kappa shape index (κ1) is 13.0. The first-order valence-corrected chi connectivity index (χ1v) is 6.60. The van der Waals surface area contributed by atoms with Crippen LogP contribution < -0.4 is 0 Å². The van der Waals surface area contributed by atoms with Gasteiger partial charge in [0.2, 0.25) is 5.91 Å². The molecule has 0 aliphatic carbocycles. The third-order valence-electron chi connectivity index (χ3n) is 3.49. The first-order valence-electron chi connectivity index (χ1n) is 6.60. The Morgan fingerprint density at radius 2 is 2.39 bits per heavy atom. The van der Waals surface area contributed by atoms with E-state index >= 15 is 0 Å². The zero-order valence-electron chi connectivity index (χ0n) is 10.6. The van der Waals surface area contributed by atoms with Gasteiger partial charge in [0.05, 0.1) is 6.42 Å². The van der Waals surface area contributed by atoms with Gasteiger partial charge in [-0.05, 0) is 37.3 Å². The molecule has 18 heavy (non-hydrogen) atoms. The van der Waals surface area contributed by atoms with E-state index in [0.29, 0.717) is 12.8 Å². The Morgan fingerprint density at radius 1 is 1.50 bits per heavy atom. The van der Waals surface area contributed by atoms with Crippen molar-refractivity contribution < 1.29 is 9.90 Å². The van der Waals surface area contributed by atoms with Gasteiger partial charge in [-0.15, -0.1) is 0 Å². The molecule has 1 aromatic heterocycles. The third-order valence-corrected chi connectivity index (χ3v) is 3.49. The van der Waals surface area contributed by atoms with E-state index in [9.17, 15) is 4.79 Å². The highest BCUT2D eigenvalue weighted by Gasteiger charge is 2.25. The van der Waals surface area contributed by atoms with Gasteiger partial charge in [0.1, 0.15) is 0 Å². The van der Waals surface area contributed by atoms with Crippen molar-refractivity contribution in [1.29, 1.82) is 0 Å². The number of carbonyl (C=O) groups excluding carboxylic acids is 1. The fraction of sp³-hybridized carbons (Fsp3) is 0.571. The molecule has 1 atom stereocenters. The van der Waals surface area contributed by atoms with Gasteiger partial charge in [0.15, 0.2) is 0 Å². The number of likely N-dealkylation sites (tertiary alicyclic amines) is 1. The number of hydrogen-bond donors (Lipinski definition) is 1. The van der Waals surface area contributed by atoms with Gasteiger partial charge in [-0.1, -0.05) is 6.07 Å². The van der Waals surface area contributed by atoms with Crippen molar-refractivity contribution in [2.45, 2.75) is 38.1 Å². The molecule has 0 spiro atoms. The maximum Gasteiger partial charge on any atom is 0.227 e. The van der Waals surface area contributed by atoms with Crippen molar-refractivity contribution in [3.05, 3.63) is 30.1 Å². The zero-order valence-corrected chi connectivity index (χ0v) is 10.6. The minimum Gasteiger partial charge on any atom is -0.396 e. The standard InChI is InChI=1S/C14H20N2O2/c17-9-6-13-5-1-2-8-16(13)14(18)10-12-4-3-7-15-11-12/h3-4,7,11,13,17H,1-2,5-6,8-10H2. The van der Waals surface area contributed by atoms with Crippen LogP contribution in [0.3, 0.4) is 0 Å². The van der Waals surface area contributed by atoms with E-state index in [1.807, 2.05) is 17.0 Å². The molecule has 2 rings (SSSR count). The second-order valence-corrected chi connectivity index (χ2v) is 4.79. The van der Waals surface area contributed by atoms with Gasteiger partial charge < -0.3 is 10.0 Å². The van der Waals surface area contributed by atoms with Crippen LogP contribution >= 0.6 is 0 Å². The van der Waals surface area contributed by atoms with Crippen LogP contribution in [0.15, 0.2) is 24.5 Å². The predicted molar refractivity (Wildman–Crippen MR) is 69.0 cm³/mol. The Kier molecular flexibility index (Phi) is 4.70. The molecular weight excluding hydrogens is 228 g/mol. The monoisotopic (exact) mass is 248 g/mol. The smallest absolute Gasteiger partial charge is 0.227 e. The highest BCUT2D eigenvalue weighted by Crippen LogP contribution is 2.20. The molecule has 1 N–H and O–H groups in total. The lowest BCUT2D eigenvalue weighted by Gasteiger charge is -2.35. The van der Waals surface area contributed by atoms with Crippen LogP contribution in [0.5, 0.6) is 0 Å². The maximum absolute atomic E-state index is 12.3. The SMILES string of the molecule is O=C(Cc1cccnc1)N1CCCCC1CCO. The predicted octanol–water partition coefficient (Wildman–Crippen LogP) is 1.39. The molecule has 0 aromatic carbocycles. The summed E-state index contributed by atoms with van der Waals surface area (Å²) in [6.07, 6.45) is 7.79. The number of carbonyl (C=O) groups is 1. The van der Waals surface area contributed by atoms with Crippen LogP contribution in [0.4, 0.5) is 0 Å². The molecule has 1 aliphatic heterocycles. The summed E-state index contributed by atoms with van der Waals surface area (Å²) in [4.78, 5) is 18.2. The highest BCUT2D eigenvalue weighted by molar-refractivity contribution is 5.79. The summed E-state index contributed by atoms with van der Waals surface area (Å²) < 4.78 is 0. The fourth-order valence-electron chi connectivity index (χ4n) is 2.56. The highest BCUT2D eigenvalue weighted by atomic mass is 16.3. The molecule has 98 valence electrons. The number of hydrogen-bond acceptors (Lipinski definition) is 3. The maximum atomic E-state index is 12.3. The van der Waals surface area contributed by atoms with Crippen molar-refractivity contribution in [2.75, 3.05) is 13.2 Å². The number of pyridine rings is 1. The lowest BCUT2D eigenvalue weighted by Crippen LogP contribution is -2.44. The van der Waals surface area contributed by atoms with Crippen LogP contribution in [0, 0.1) is 0 Å². The molecule has 1 aromatic rings. The Hall–Kier alpha value is -1.42. The molecule has 0 saturated carbocycles. The first-order chi connectivity index (χ1) is 8.81. The topological polar surface area (TPSA) is 53.4 Å². The summed E-state index contributed by atoms with van der Waals surface area (Å²) >= 11 is 0. The molecule has 4 heteroatoms. The summed E-state index contributed by atoms with van der Waals surface area (Å²) in [5.41, 5.74) is 0.954. The quantitative estimate of drug-likeness (QED) is 0.876. The van der Waals surface area contributed by atoms with Crippen LogP contribution in [-0.2, 0) is 11.2 Å². The molecule has 1 fully saturated rings. The third kappa shape index (κ3) is 3.29. The van der Waals surface area contributed by atoms with Crippen molar-refractivity contribution in [3.8, 4) is 0 Å². The lowest BCUT2D eigenvalue weighted by molar-refractivity contribution is -0.134. The second-order valence-electron chi connectivity index (χ2n) is 4.79. The van der Waals surface area contributed by atoms with Crippen molar-refractivity contribution >= 4 is 5.91 Å². The van der Waals surface area contributed by atoms with E-state index in [1.54, 1.807) is 12.4 Å². The largest absolute Gasteiger partial charge is 0.396 e. The molecule has 0 bridgehead atoms. The molecular formula is C14H20N2O2. The van der Waals surface area contributed by atoms with Gasteiger partial charge in [-0.2, -0.15) is 0 Å². The Balaban J connectivity index is 1.98. The number of piperidine rings is 1. The number of rotatable bonds is 4. The van der Waals surface area contributed by atoms with Crippen molar-refractivity contribution in [1.82, 2.24) is 9.88 Å². The van der Waals surface area contributed by atoms with Gasteiger partial charge in [0, 0.05) is 31.6 Å². The van der Waals surface area contributed by atoms with E-state index in [-0.39, 0.29) is 18.6 Å². The summed E-state index contributed by atoms with van der Waals surface area (Å²) in [6.45, 7) is 0.977. The van der Waals surface area contributed by atoms with E-state index < -0.39 is 0 Å². The van der Waals surface area contributed by atoms with Gasteiger partial charge in [0.25, 0.3) is 0 Å². The number of aliphatic hydroxyl groups excluding tert-OH is 1. The van der Waals surface area contributed by atoms with Gasteiger partial charge >= 0.3 is 0 Å². The van der Waals surface area contributed by atoms with E-state index in [2.05, 4.69) is 4.98 Å². The minimum atomic E-state index is 0.154. The molecule has 1 aliphatic rings. The van der Waals surface area contributed by atoms with Crippen molar-refractivity contribution in [2.24, 2.45) is 0 Å².